The van der Waals surface area contributed by atoms with Gasteiger partial charge in [-0.3, -0.25) is 9.45 Å². The fraction of sp³-hybridized carbons (Fsp3) is 0.875. The van der Waals surface area contributed by atoms with Gasteiger partial charge in [0.2, 0.25) is 0 Å². The average molecular weight is 237 g/mol. The number of ether oxygens (including phenoxy) is 1. The molecule has 0 bridgehead atoms. The molecule has 89 valence electrons. The van der Waals surface area contributed by atoms with Crippen LogP contribution in [-0.2, 0) is 14.9 Å². The standard InChI is InChI=1S/C8H17N2O4S/c1-2-14-8-7-9-3-4-10(8)5-6-15(11,12)13/h5,8-9H,2-4,6-7H2,1H3,(H,11,12,13). The minimum Gasteiger partial charge on any atom is -0.362 e. The summed E-state index contributed by atoms with van der Waals surface area (Å²) in [5.74, 6) is -0.365. The molecule has 0 saturated carbocycles. The van der Waals surface area contributed by atoms with E-state index in [1.807, 2.05) is 6.92 Å². The Morgan fingerprint density at radius 1 is 1.67 bits per heavy atom. The van der Waals surface area contributed by atoms with E-state index < -0.39 is 10.1 Å². The van der Waals surface area contributed by atoms with Crippen LogP contribution in [0.2, 0.25) is 0 Å². The first-order valence-corrected chi connectivity index (χ1v) is 6.50. The van der Waals surface area contributed by atoms with Crippen molar-refractivity contribution in [3.63, 3.8) is 0 Å². The van der Waals surface area contributed by atoms with Crippen LogP contribution >= 0.6 is 0 Å². The van der Waals surface area contributed by atoms with Gasteiger partial charge in [0.1, 0.15) is 6.23 Å². The molecule has 1 fully saturated rings. The van der Waals surface area contributed by atoms with E-state index in [-0.39, 0.29) is 12.0 Å². The largest absolute Gasteiger partial charge is 0.362 e. The molecule has 0 aromatic carbocycles. The Morgan fingerprint density at radius 2 is 2.40 bits per heavy atom. The van der Waals surface area contributed by atoms with Crippen LogP contribution in [0.5, 0.6) is 0 Å². The first kappa shape index (κ1) is 12.9. The summed E-state index contributed by atoms with van der Waals surface area (Å²) in [5.41, 5.74) is 0. The lowest BCUT2D eigenvalue weighted by Gasteiger charge is -2.34. The summed E-state index contributed by atoms with van der Waals surface area (Å²) in [6.07, 6.45) is -0.148. The van der Waals surface area contributed by atoms with Gasteiger partial charge in [0.15, 0.2) is 0 Å². The van der Waals surface area contributed by atoms with Crippen molar-refractivity contribution in [2.45, 2.75) is 13.2 Å². The number of nitrogens with zero attached hydrogens (tertiary/aromatic N) is 1. The summed E-state index contributed by atoms with van der Waals surface area (Å²) < 4.78 is 35.2. The summed E-state index contributed by atoms with van der Waals surface area (Å²) >= 11 is 0. The van der Waals surface area contributed by atoms with Gasteiger partial charge in [-0.25, -0.2) is 0 Å². The summed E-state index contributed by atoms with van der Waals surface area (Å²) in [5, 5.41) is 3.15. The lowest BCUT2D eigenvalue weighted by Crippen LogP contribution is -2.51. The Hall–Kier alpha value is -0.210. The van der Waals surface area contributed by atoms with Crippen molar-refractivity contribution in [3.8, 4) is 0 Å². The smallest absolute Gasteiger partial charge is 0.266 e. The predicted molar refractivity (Wildman–Crippen MR) is 55.7 cm³/mol. The Morgan fingerprint density at radius 3 is 3.00 bits per heavy atom. The minimum absolute atomic E-state index is 0.148. The van der Waals surface area contributed by atoms with Crippen molar-refractivity contribution in [1.82, 2.24) is 10.2 Å². The zero-order valence-corrected chi connectivity index (χ0v) is 9.53. The molecule has 15 heavy (non-hydrogen) atoms. The van der Waals surface area contributed by atoms with Gasteiger partial charge in [0.25, 0.3) is 10.1 Å². The first-order chi connectivity index (χ1) is 7.03. The van der Waals surface area contributed by atoms with E-state index in [9.17, 15) is 8.42 Å². The highest BCUT2D eigenvalue weighted by molar-refractivity contribution is 7.85. The van der Waals surface area contributed by atoms with Crippen LogP contribution in [0.1, 0.15) is 6.92 Å². The first-order valence-electron chi connectivity index (χ1n) is 4.89. The highest BCUT2D eigenvalue weighted by Crippen LogP contribution is 2.07. The van der Waals surface area contributed by atoms with Crippen molar-refractivity contribution in [3.05, 3.63) is 6.54 Å². The van der Waals surface area contributed by atoms with E-state index in [4.69, 9.17) is 9.29 Å². The Kier molecular flexibility index (Phi) is 4.94. The zero-order chi connectivity index (χ0) is 11.3. The van der Waals surface area contributed by atoms with Gasteiger partial charge in [-0.2, -0.15) is 8.42 Å². The van der Waals surface area contributed by atoms with Gasteiger partial charge < -0.3 is 10.1 Å². The van der Waals surface area contributed by atoms with Crippen LogP contribution in [0.3, 0.4) is 0 Å². The van der Waals surface area contributed by atoms with Crippen molar-refractivity contribution in [1.29, 1.82) is 0 Å². The van der Waals surface area contributed by atoms with Crippen LogP contribution in [0, 0.1) is 6.54 Å². The average Bonchev–Trinajstić information content (AvgIpc) is 2.16. The van der Waals surface area contributed by atoms with Crippen molar-refractivity contribution in [2.75, 3.05) is 32.0 Å². The van der Waals surface area contributed by atoms with Crippen molar-refractivity contribution in [2.24, 2.45) is 0 Å². The molecule has 0 amide bonds. The van der Waals surface area contributed by atoms with Crippen LogP contribution < -0.4 is 5.32 Å². The Bertz CT molecular complexity index is 278. The molecule has 6 nitrogen and oxygen atoms in total. The number of hydrogen-bond acceptors (Lipinski definition) is 5. The molecule has 1 rings (SSSR count). The van der Waals surface area contributed by atoms with Gasteiger partial charge >= 0.3 is 0 Å². The molecule has 1 heterocycles. The molecule has 1 aliphatic rings. The molecular weight excluding hydrogens is 220 g/mol. The molecule has 2 N–H and O–H groups in total. The number of nitrogens with one attached hydrogen (secondary N) is 1. The third kappa shape index (κ3) is 4.89. The number of piperazine rings is 1. The maximum Gasteiger partial charge on any atom is 0.266 e. The highest BCUT2D eigenvalue weighted by atomic mass is 32.2. The molecule has 1 saturated heterocycles. The Balaban J connectivity index is 2.42. The second kappa shape index (κ2) is 5.76. The second-order valence-corrected chi connectivity index (χ2v) is 4.78. The molecule has 0 aliphatic carbocycles. The predicted octanol–water partition coefficient (Wildman–Crippen LogP) is -0.696. The molecule has 1 aliphatic heterocycles. The Labute approximate surface area is 90.3 Å². The normalized spacial score (nSPS) is 24.3. The van der Waals surface area contributed by atoms with Gasteiger partial charge in [-0.15, -0.1) is 0 Å². The van der Waals surface area contributed by atoms with Crippen LogP contribution in [0.15, 0.2) is 0 Å². The molecule has 7 heteroatoms. The molecule has 1 unspecified atom stereocenters. The maximum absolute atomic E-state index is 10.6. The lowest BCUT2D eigenvalue weighted by molar-refractivity contribution is -0.0505. The van der Waals surface area contributed by atoms with E-state index in [2.05, 4.69) is 5.32 Å². The van der Waals surface area contributed by atoms with Gasteiger partial charge in [-0.1, -0.05) is 0 Å². The fourth-order valence-corrected chi connectivity index (χ4v) is 1.82. The van der Waals surface area contributed by atoms with Crippen molar-refractivity contribution >= 4 is 10.1 Å². The summed E-state index contributed by atoms with van der Waals surface area (Å²) in [6.45, 7) is 6.05. The summed E-state index contributed by atoms with van der Waals surface area (Å²) in [7, 11) is -3.94. The molecule has 0 spiro atoms. The van der Waals surface area contributed by atoms with Gasteiger partial charge in [0, 0.05) is 32.8 Å². The third-order valence-electron chi connectivity index (χ3n) is 2.11. The van der Waals surface area contributed by atoms with E-state index in [0.29, 0.717) is 19.7 Å². The maximum atomic E-state index is 10.6. The monoisotopic (exact) mass is 237 g/mol. The van der Waals surface area contributed by atoms with Gasteiger partial charge in [-0.05, 0) is 6.92 Å². The number of rotatable bonds is 5. The van der Waals surface area contributed by atoms with Crippen molar-refractivity contribution < 1.29 is 17.7 Å². The minimum atomic E-state index is -3.94. The van der Waals surface area contributed by atoms with Crippen LogP contribution in [0.4, 0.5) is 0 Å². The van der Waals surface area contributed by atoms with E-state index in [1.54, 1.807) is 4.90 Å². The lowest BCUT2D eigenvalue weighted by atomic mass is 10.3. The fourth-order valence-electron chi connectivity index (χ4n) is 1.44. The van der Waals surface area contributed by atoms with Gasteiger partial charge in [0.05, 0.1) is 5.75 Å². The van der Waals surface area contributed by atoms with E-state index in [1.165, 1.54) is 6.54 Å². The molecular formula is C8H17N2O4S. The molecule has 0 aromatic rings. The van der Waals surface area contributed by atoms with Crippen LogP contribution in [0.25, 0.3) is 0 Å². The SMILES string of the molecule is CCOC1CNCCN1[CH]CS(=O)(=O)O. The third-order valence-corrected chi connectivity index (χ3v) is 2.68. The highest BCUT2D eigenvalue weighted by Gasteiger charge is 2.23. The van der Waals surface area contributed by atoms with Crippen LogP contribution in [-0.4, -0.2) is 56.1 Å². The zero-order valence-electron chi connectivity index (χ0n) is 8.72. The van der Waals surface area contributed by atoms with E-state index in [0.717, 1.165) is 6.54 Å². The summed E-state index contributed by atoms with van der Waals surface area (Å²) in [4.78, 5) is 1.80. The van der Waals surface area contributed by atoms with E-state index >= 15 is 0 Å². The quantitative estimate of drug-likeness (QED) is 0.616. The molecule has 1 atom stereocenters. The summed E-state index contributed by atoms with van der Waals surface area (Å²) in [6, 6.07) is 0. The second-order valence-electron chi connectivity index (χ2n) is 3.28. The topological polar surface area (TPSA) is 78.9 Å². The molecule has 0 aromatic heterocycles. The number of hydrogen-bond donors (Lipinski definition) is 2. The molecule has 1 radical (unpaired) electrons.